The monoisotopic (exact) mass is 1180 g/mol. The zero-order valence-electron chi connectivity index (χ0n) is 79.7. The molecular weight excluding hydrogens is 1090 g/mol. The number of para-hydroxylation sites is 2. The molecule has 420 valence electrons. The lowest BCUT2D eigenvalue weighted by Crippen LogP contribution is -2.74. The van der Waals surface area contributed by atoms with Crippen LogP contribution in [-0.2, 0) is 5.41 Å². The maximum absolute atomic E-state index is 10.5. The zero-order chi connectivity index (χ0) is 87.9. The van der Waals surface area contributed by atoms with Crippen molar-refractivity contribution >= 4 is 61.7 Å². The van der Waals surface area contributed by atoms with Gasteiger partial charge in [0.05, 0.1) is 78.7 Å². The maximum atomic E-state index is 10.5. The average molecular weight is 1180 g/mol. The fraction of sp³-hybridized carbons (Fsp3) is 0.0488. The van der Waals surface area contributed by atoms with Crippen LogP contribution in [0.1, 0.15) is 71.6 Å². The highest BCUT2D eigenvalue weighted by atomic mass is 28.3. The van der Waals surface area contributed by atoms with Crippen molar-refractivity contribution in [1.82, 2.24) is 14.1 Å². The topological polar surface area (TPSA) is 35.9 Å². The molecule has 0 unspecified atom stereocenters. The molecular formula is C82H62N4OSi. The summed E-state index contributed by atoms with van der Waals surface area (Å²) in [5.74, 6) is 0.911. The molecule has 0 amide bonds. The molecule has 3 aromatic heterocycles. The van der Waals surface area contributed by atoms with Gasteiger partial charge in [0.1, 0.15) is 17.3 Å². The number of hydrogen-bond donors (Lipinski definition) is 0. The van der Waals surface area contributed by atoms with Crippen LogP contribution in [0.15, 0.2) is 321 Å². The second kappa shape index (κ2) is 22.5. The summed E-state index contributed by atoms with van der Waals surface area (Å²) >= 11 is 0. The molecule has 0 saturated carbocycles. The molecule has 3 heterocycles. The van der Waals surface area contributed by atoms with E-state index in [0.29, 0.717) is 11.3 Å². The standard InChI is InChI=1S/C82H62N4OSi/c1-82(2,3)64-48-49-83-80(53-64)86-76-43-23-22-40-74(76)75-46-44-67(55-78(75)86)87-66-33-24-32-65(54-66)84-57-85(77-47-45-71(56-79(77)84)88(68-34-16-7-17-35-68,69-36-18-8-19-37-69)70-38-20-9-21-39-70)81-72(60-30-14-6-15-31-60)41-25-42-73(81)63-51-61(58-26-10-4-11-27-58)50-62(52-63)59-28-12-5-13-29-59/h4-56H,1-3H3/i4D,5D,6D,7D,8D,9D,10D,11D,12D,13D,14D,15D,16D,17D,18D,19D,20D,21D,26D,27D,28D,29D,30D,31D,34D,35D,36D,37D,38D,39D,50D,51D,52D. The van der Waals surface area contributed by atoms with E-state index in [4.69, 9.17) is 26.2 Å². The highest BCUT2D eigenvalue weighted by molar-refractivity contribution is 7.20. The lowest BCUT2D eigenvalue weighted by molar-refractivity contribution is -0.571. The highest BCUT2D eigenvalue weighted by Gasteiger charge is 2.42. The van der Waals surface area contributed by atoms with Gasteiger partial charge in [0, 0.05) is 23.0 Å². The van der Waals surface area contributed by atoms with E-state index in [0.717, 1.165) is 32.5 Å². The molecule has 88 heavy (non-hydrogen) atoms. The molecule has 0 fully saturated rings. The van der Waals surface area contributed by atoms with Crippen molar-refractivity contribution < 1.29 is 54.5 Å². The molecule has 0 radical (unpaired) electrons. The van der Waals surface area contributed by atoms with Crippen LogP contribution in [0, 0.1) is 6.33 Å². The smallest absolute Gasteiger partial charge is 0.269 e. The van der Waals surface area contributed by atoms with E-state index in [1.165, 1.54) is 53.1 Å². The Morgan fingerprint density at radius 3 is 1.59 bits per heavy atom. The van der Waals surface area contributed by atoms with Crippen molar-refractivity contribution in [2.75, 3.05) is 0 Å². The van der Waals surface area contributed by atoms with Crippen molar-refractivity contribution in [3.05, 3.63) is 333 Å². The molecule has 15 aromatic rings. The molecule has 12 aromatic carbocycles. The molecule has 0 aliphatic rings. The van der Waals surface area contributed by atoms with Crippen LogP contribution in [0.3, 0.4) is 0 Å². The number of nitrogens with zero attached hydrogens (tertiary/aromatic N) is 4. The predicted octanol–water partition coefficient (Wildman–Crippen LogP) is 17.3. The van der Waals surface area contributed by atoms with E-state index in [1.807, 2.05) is 47.0 Å². The summed E-state index contributed by atoms with van der Waals surface area (Å²) in [4.78, 5) is 4.83. The molecule has 0 spiro atoms. The van der Waals surface area contributed by atoms with Gasteiger partial charge >= 0.3 is 0 Å². The number of ether oxygens (including phenoxy) is 1. The Hall–Kier alpha value is -10.9. The molecule has 6 heteroatoms. The van der Waals surface area contributed by atoms with Crippen LogP contribution >= 0.6 is 0 Å². The van der Waals surface area contributed by atoms with Crippen molar-refractivity contribution in [3.63, 3.8) is 0 Å². The SMILES string of the molecule is [2H]c1c([2H])c([2H])c(-c2cccc(-c3c([2H])c(-c4c([2H])c([2H])c([2H])c([2H])c4[2H])c([2H])c(-c4c([2H])c([2H])c([2H])c([2H])c4[2H])c3[2H])c2-[n+]2[c-]n(-c3cccc(Oc4ccc5c6ccccc6n(-c6cc(C(C)(C)C)ccn6)c5c4)c3)c3cc([Si](c4c([2H])c([2H])c([2H])c([2H])c4[2H])(c4c([2H])c([2H])c([2H])c([2H])c4[2H])c4c([2H])c([2H])c([2H])c([2H])c4[2H])ccc32)c([2H])c1[2H]. The van der Waals surface area contributed by atoms with E-state index >= 15 is 0 Å². The fourth-order valence-electron chi connectivity index (χ4n) is 11.1. The van der Waals surface area contributed by atoms with Gasteiger partial charge in [-0.3, -0.25) is 13.7 Å². The quantitative estimate of drug-likeness (QED) is 0.0499. The Morgan fingerprint density at radius 1 is 0.443 bits per heavy atom. The van der Waals surface area contributed by atoms with Gasteiger partial charge in [-0.25, -0.2) is 4.98 Å². The van der Waals surface area contributed by atoms with Gasteiger partial charge in [-0.2, -0.15) is 0 Å². The van der Waals surface area contributed by atoms with E-state index in [-0.39, 0.29) is 33.6 Å². The van der Waals surface area contributed by atoms with Gasteiger partial charge in [-0.15, -0.1) is 0 Å². The Bertz CT molecular complexity index is 6680. The third-order valence-electron chi connectivity index (χ3n) is 15.1. The summed E-state index contributed by atoms with van der Waals surface area (Å²) in [6.07, 6.45) is 5.01. The minimum atomic E-state index is -6.05. The van der Waals surface area contributed by atoms with Crippen LogP contribution in [0.4, 0.5) is 0 Å². The van der Waals surface area contributed by atoms with E-state index in [2.05, 4.69) is 27.1 Å². The lowest BCUT2D eigenvalue weighted by atomic mass is 9.88. The molecule has 0 aliphatic heterocycles. The van der Waals surface area contributed by atoms with Crippen LogP contribution < -0.4 is 30.1 Å². The summed E-state index contributed by atoms with van der Waals surface area (Å²) in [5.41, 5.74) is -4.44. The first-order valence-corrected chi connectivity index (χ1v) is 29.5. The van der Waals surface area contributed by atoms with Crippen LogP contribution in [0.5, 0.6) is 11.5 Å². The number of hydrogen-bond acceptors (Lipinski definition) is 2. The van der Waals surface area contributed by atoms with Crippen molar-refractivity contribution in [2.24, 2.45) is 0 Å². The lowest BCUT2D eigenvalue weighted by Gasteiger charge is -2.34. The van der Waals surface area contributed by atoms with Gasteiger partial charge in [0.15, 0.2) is 8.07 Å². The Balaban J connectivity index is 1.14. The fourth-order valence-corrected chi connectivity index (χ4v) is 14.9. The van der Waals surface area contributed by atoms with Crippen molar-refractivity contribution in [3.8, 4) is 73.2 Å². The first-order valence-electron chi connectivity index (χ1n) is 44.0. The van der Waals surface area contributed by atoms with E-state index in [9.17, 15) is 28.8 Å². The number of aromatic nitrogens is 4. The number of pyridine rings is 1. The summed E-state index contributed by atoms with van der Waals surface area (Å²) in [5, 5.41) is -1.38. The van der Waals surface area contributed by atoms with E-state index in [1.54, 1.807) is 24.4 Å². The summed E-state index contributed by atoms with van der Waals surface area (Å²) in [6.45, 7) is 6.22. The number of rotatable bonds is 13. The molecule has 0 aliphatic carbocycles. The first kappa shape index (κ1) is 29.0. The largest absolute Gasteiger partial charge is 0.458 e. The van der Waals surface area contributed by atoms with Crippen molar-refractivity contribution in [2.45, 2.75) is 26.2 Å². The predicted molar refractivity (Wildman–Crippen MR) is 366 cm³/mol. The minimum absolute atomic E-state index is 0.00666. The van der Waals surface area contributed by atoms with Gasteiger partial charge in [0.2, 0.25) is 0 Å². The highest BCUT2D eigenvalue weighted by Crippen LogP contribution is 2.40. The zero-order valence-corrected chi connectivity index (χ0v) is 47.7. The second-order valence-corrected chi connectivity index (χ2v) is 24.8. The third-order valence-corrected chi connectivity index (χ3v) is 19.2. The third kappa shape index (κ3) is 9.70. The van der Waals surface area contributed by atoms with Crippen LogP contribution in [0.25, 0.3) is 94.5 Å². The van der Waals surface area contributed by atoms with Gasteiger partial charge < -0.3 is 4.74 Å². The summed E-state index contributed by atoms with van der Waals surface area (Å²) in [7, 11) is -6.05. The number of benzene rings is 12. The summed E-state index contributed by atoms with van der Waals surface area (Å²) in [6, 6.07) is -2.96. The van der Waals surface area contributed by atoms with Crippen LogP contribution in [-0.4, -0.2) is 22.2 Å². The van der Waals surface area contributed by atoms with Gasteiger partial charge in [-0.1, -0.05) is 263 Å². The first-order chi connectivity index (χ1) is 57.0. The Kier molecular flexibility index (Phi) is 7.41. The molecule has 5 nitrogen and oxygen atoms in total. The normalized spacial score (nSPS) is 17.1. The molecule has 0 atom stereocenters. The second-order valence-electron chi connectivity index (χ2n) is 21.2. The van der Waals surface area contributed by atoms with Crippen LogP contribution in [0.2, 0.25) is 0 Å². The Labute approximate surface area is 561 Å². The van der Waals surface area contributed by atoms with Gasteiger partial charge in [-0.05, 0) is 143 Å². The number of imidazole rings is 1. The minimum Gasteiger partial charge on any atom is -0.458 e. The van der Waals surface area contributed by atoms with Crippen molar-refractivity contribution in [1.29, 1.82) is 0 Å². The number of fused-ring (bicyclic) bond motifs is 4. The summed E-state index contributed by atoms with van der Waals surface area (Å²) < 4.78 is 321. The average Bonchev–Trinajstić information content (AvgIpc) is 0.842. The van der Waals surface area contributed by atoms with E-state index < -0.39 is 278 Å². The Morgan fingerprint density at radius 2 is 0.977 bits per heavy atom. The molecule has 0 saturated heterocycles. The molecule has 0 N–H and O–H groups in total. The molecule has 0 bridgehead atoms. The van der Waals surface area contributed by atoms with Gasteiger partial charge in [0.25, 0.3) is 6.33 Å². The maximum Gasteiger partial charge on any atom is 0.269 e. The molecule has 15 rings (SSSR count).